The van der Waals surface area contributed by atoms with E-state index in [0.29, 0.717) is 5.56 Å². The van der Waals surface area contributed by atoms with Gasteiger partial charge in [0, 0.05) is 0 Å². The first kappa shape index (κ1) is 13.6. The molecule has 0 spiro atoms. The molecule has 0 saturated carbocycles. The van der Waals surface area contributed by atoms with E-state index in [0.717, 1.165) is 0 Å². The SMILES string of the molecule is N#CC1=C(N)Oc2[nH]c(=O)[nH]c(=O)c2C1c1cccc(F)c1. The molecule has 4 N–H and O–H groups in total. The van der Waals surface area contributed by atoms with Gasteiger partial charge in [0.2, 0.25) is 11.8 Å². The Morgan fingerprint density at radius 2 is 2.09 bits per heavy atom. The maximum absolute atomic E-state index is 13.5. The fourth-order valence-electron chi connectivity index (χ4n) is 2.41. The normalized spacial score (nSPS) is 16.6. The molecule has 110 valence electrons. The van der Waals surface area contributed by atoms with Crippen molar-refractivity contribution >= 4 is 0 Å². The quantitative estimate of drug-likeness (QED) is 0.704. The van der Waals surface area contributed by atoms with Crippen LogP contribution in [0.5, 0.6) is 5.88 Å². The molecule has 1 aliphatic rings. The summed E-state index contributed by atoms with van der Waals surface area (Å²) in [5.74, 6) is -1.85. The molecule has 0 amide bonds. The van der Waals surface area contributed by atoms with Gasteiger partial charge in [-0.15, -0.1) is 0 Å². The number of nitriles is 1. The van der Waals surface area contributed by atoms with Gasteiger partial charge in [-0.3, -0.25) is 14.8 Å². The maximum atomic E-state index is 13.5. The van der Waals surface area contributed by atoms with Gasteiger partial charge in [-0.05, 0) is 17.7 Å². The van der Waals surface area contributed by atoms with Gasteiger partial charge in [-0.25, -0.2) is 9.18 Å². The summed E-state index contributed by atoms with van der Waals surface area (Å²) in [4.78, 5) is 27.8. The zero-order valence-corrected chi connectivity index (χ0v) is 11.0. The Morgan fingerprint density at radius 1 is 1.32 bits per heavy atom. The molecule has 0 aliphatic carbocycles. The molecule has 1 unspecified atom stereocenters. The molecule has 0 saturated heterocycles. The third kappa shape index (κ3) is 2.05. The zero-order chi connectivity index (χ0) is 15.9. The van der Waals surface area contributed by atoms with Crippen LogP contribution in [0, 0.1) is 17.1 Å². The highest BCUT2D eigenvalue weighted by atomic mass is 19.1. The largest absolute Gasteiger partial charge is 0.424 e. The van der Waals surface area contributed by atoms with Crippen molar-refractivity contribution in [2.75, 3.05) is 0 Å². The average Bonchev–Trinajstić information content (AvgIpc) is 2.45. The first-order valence-corrected chi connectivity index (χ1v) is 6.21. The van der Waals surface area contributed by atoms with Crippen molar-refractivity contribution in [3.8, 4) is 11.9 Å². The second-order valence-electron chi connectivity index (χ2n) is 4.63. The zero-order valence-electron chi connectivity index (χ0n) is 11.0. The summed E-state index contributed by atoms with van der Waals surface area (Å²) < 4.78 is 18.6. The number of allylic oxidation sites excluding steroid dienone is 1. The molecule has 8 heteroatoms. The number of ether oxygens (including phenoxy) is 1. The van der Waals surface area contributed by atoms with Crippen LogP contribution in [0.2, 0.25) is 0 Å². The highest BCUT2D eigenvalue weighted by molar-refractivity contribution is 5.52. The van der Waals surface area contributed by atoms with Gasteiger partial charge in [0.05, 0.1) is 11.5 Å². The van der Waals surface area contributed by atoms with Crippen LogP contribution >= 0.6 is 0 Å². The van der Waals surface area contributed by atoms with E-state index in [4.69, 9.17) is 10.5 Å². The minimum Gasteiger partial charge on any atom is -0.424 e. The number of halogens is 1. The Labute approximate surface area is 122 Å². The second-order valence-corrected chi connectivity index (χ2v) is 4.63. The van der Waals surface area contributed by atoms with E-state index in [2.05, 4.69) is 9.97 Å². The lowest BCUT2D eigenvalue weighted by Gasteiger charge is -2.24. The summed E-state index contributed by atoms with van der Waals surface area (Å²) in [5, 5.41) is 9.29. The van der Waals surface area contributed by atoms with E-state index in [1.54, 1.807) is 6.07 Å². The van der Waals surface area contributed by atoms with Crippen molar-refractivity contribution in [3.05, 3.63) is 73.5 Å². The Kier molecular flexibility index (Phi) is 3.03. The van der Waals surface area contributed by atoms with Crippen LogP contribution in [0.1, 0.15) is 17.0 Å². The van der Waals surface area contributed by atoms with Gasteiger partial charge in [0.15, 0.2) is 0 Å². The number of hydrogen-bond acceptors (Lipinski definition) is 5. The number of benzene rings is 1. The van der Waals surface area contributed by atoms with Crippen LogP contribution in [0.3, 0.4) is 0 Å². The van der Waals surface area contributed by atoms with E-state index >= 15 is 0 Å². The minimum atomic E-state index is -0.926. The van der Waals surface area contributed by atoms with Crippen molar-refractivity contribution in [3.63, 3.8) is 0 Å². The number of nitrogens with zero attached hydrogens (tertiary/aromatic N) is 1. The lowest BCUT2D eigenvalue weighted by molar-refractivity contribution is 0.373. The number of nitrogens with two attached hydrogens (primary N) is 1. The van der Waals surface area contributed by atoms with E-state index in [9.17, 15) is 19.2 Å². The fraction of sp³-hybridized carbons (Fsp3) is 0.0714. The van der Waals surface area contributed by atoms with Gasteiger partial charge in [-0.1, -0.05) is 12.1 Å². The van der Waals surface area contributed by atoms with Crippen molar-refractivity contribution in [2.45, 2.75) is 5.92 Å². The highest BCUT2D eigenvalue weighted by Gasteiger charge is 2.34. The fourth-order valence-corrected chi connectivity index (χ4v) is 2.41. The molecule has 0 bridgehead atoms. The first-order valence-electron chi connectivity index (χ1n) is 6.21. The Balaban J connectivity index is 2.34. The smallest absolute Gasteiger partial charge is 0.328 e. The van der Waals surface area contributed by atoms with Crippen LogP contribution < -0.4 is 21.7 Å². The molecule has 1 aliphatic heterocycles. The number of nitrogens with one attached hydrogen (secondary N) is 2. The van der Waals surface area contributed by atoms with Crippen LogP contribution in [-0.4, -0.2) is 9.97 Å². The molecule has 1 aromatic carbocycles. The van der Waals surface area contributed by atoms with Crippen LogP contribution in [0.4, 0.5) is 4.39 Å². The van der Waals surface area contributed by atoms with Gasteiger partial charge < -0.3 is 10.5 Å². The Morgan fingerprint density at radius 3 is 2.77 bits per heavy atom. The van der Waals surface area contributed by atoms with Gasteiger partial charge in [-0.2, -0.15) is 5.26 Å². The highest BCUT2D eigenvalue weighted by Crippen LogP contribution is 2.38. The summed E-state index contributed by atoms with van der Waals surface area (Å²) in [6.07, 6.45) is 0. The topological polar surface area (TPSA) is 125 Å². The molecule has 3 rings (SSSR count). The number of hydrogen-bond donors (Lipinski definition) is 3. The van der Waals surface area contributed by atoms with E-state index in [1.807, 2.05) is 6.07 Å². The third-order valence-corrected chi connectivity index (χ3v) is 3.30. The number of H-pyrrole nitrogens is 2. The van der Waals surface area contributed by atoms with Gasteiger partial charge in [0.25, 0.3) is 5.56 Å². The summed E-state index contributed by atoms with van der Waals surface area (Å²) in [6.45, 7) is 0. The number of rotatable bonds is 1. The monoisotopic (exact) mass is 300 g/mol. The molecule has 0 radical (unpaired) electrons. The first-order chi connectivity index (χ1) is 10.5. The predicted octanol–water partition coefficient (Wildman–Crippen LogP) is 0.420. The minimum absolute atomic E-state index is 0.00375. The number of aromatic amines is 2. The number of aromatic nitrogens is 2. The molecule has 7 nitrogen and oxygen atoms in total. The van der Waals surface area contributed by atoms with E-state index < -0.39 is 23.0 Å². The summed E-state index contributed by atoms with van der Waals surface area (Å²) in [7, 11) is 0. The van der Waals surface area contributed by atoms with Crippen LogP contribution in [0.15, 0.2) is 45.3 Å². The summed E-state index contributed by atoms with van der Waals surface area (Å²) in [5.41, 5.74) is 4.49. The number of fused-ring (bicyclic) bond motifs is 1. The van der Waals surface area contributed by atoms with Crippen molar-refractivity contribution in [2.24, 2.45) is 5.73 Å². The van der Waals surface area contributed by atoms with Gasteiger partial charge in [0.1, 0.15) is 17.5 Å². The lowest BCUT2D eigenvalue weighted by atomic mass is 9.85. The van der Waals surface area contributed by atoms with E-state index in [-0.39, 0.29) is 22.9 Å². The predicted molar refractivity (Wildman–Crippen MR) is 73.4 cm³/mol. The summed E-state index contributed by atoms with van der Waals surface area (Å²) in [6, 6.07) is 7.30. The maximum Gasteiger partial charge on any atom is 0.328 e. The molecule has 22 heavy (non-hydrogen) atoms. The van der Waals surface area contributed by atoms with Crippen LogP contribution in [0.25, 0.3) is 0 Å². The molecule has 2 aromatic rings. The summed E-state index contributed by atoms with van der Waals surface area (Å²) >= 11 is 0. The Bertz CT molecular complexity index is 952. The van der Waals surface area contributed by atoms with Crippen molar-refractivity contribution in [1.82, 2.24) is 9.97 Å². The molecule has 2 heterocycles. The van der Waals surface area contributed by atoms with Crippen LogP contribution in [-0.2, 0) is 0 Å². The average molecular weight is 300 g/mol. The van der Waals surface area contributed by atoms with E-state index in [1.165, 1.54) is 18.2 Å². The third-order valence-electron chi connectivity index (χ3n) is 3.30. The Hall–Kier alpha value is -3.34. The molecular formula is C14H9FN4O3. The van der Waals surface area contributed by atoms with Crippen molar-refractivity contribution < 1.29 is 9.13 Å². The molecular weight excluding hydrogens is 291 g/mol. The van der Waals surface area contributed by atoms with Crippen molar-refractivity contribution in [1.29, 1.82) is 5.26 Å². The molecule has 0 fully saturated rings. The second kappa shape index (κ2) is 4.89. The molecule has 1 atom stereocenters. The molecule has 1 aromatic heterocycles. The van der Waals surface area contributed by atoms with Gasteiger partial charge >= 0.3 is 5.69 Å². The standard InChI is InChI=1S/C14H9FN4O3/c15-7-3-1-2-6(4-7)9-8(5-16)11(17)22-13-10(9)12(20)18-14(21)19-13/h1-4,9H,17H2,(H2,18,19,20,21). The lowest BCUT2D eigenvalue weighted by Crippen LogP contribution is -2.33.